The maximum absolute atomic E-state index is 11.1. The lowest BCUT2D eigenvalue weighted by Gasteiger charge is -2.13. The average molecular weight is 228 g/mol. The lowest BCUT2D eigenvalue weighted by molar-refractivity contribution is 0.149. The second kappa shape index (κ2) is 5.61. The number of benzene rings is 1. The third kappa shape index (κ3) is 3.80. The SMILES string of the molecule is CCOC(=O)NC(C)c1ccc(Cl)cc1. The molecular formula is C11H14ClNO2. The first-order valence-electron chi connectivity index (χ1n) is 4.82. The highest BCUT2D eigenvalue weighted by atomic mass is 35.5. The summed E-state index contributed by atoms with van der Waals surface area (Å²) in [7, 11) is 0. The van der Waals surface area contributed by atoms with Gasteiger partial charge in [-0.15, -0.1) is 0 Å². The number of nitrogens with one attached hydrogen (secondary N) is 1. The van der Waals surface area contributed by atoms with Crippen molar-refractivity contribution in [3.05, 3.63) is 34.9 Å². The standard InChI is InChI=1S/C11H14ClNO2/c1-3-15-11(14)13-8(2)9-4-6-10(12)7-5-9/h4-8H,3H2,1-2H3,(H,13,14). The van der Waals surface area contributed by atoms with E-state index in [0.29, 0.717) is 11.6 Å². The van der Waals surface area contributed by atoms with Crippen LogP contribution in [-0.4, -0.2) is 12.7 Å². The molecule has 3 nitrogen and oxygen atoms in total. The van der Waals surface area contributed by atoms with Crippen molar-refractivity contribution in [1.29, 1.82) is 0 Å². The van der Waals surface area contributed by atoms with Crippen LogP contribution >= 0.6 is 11.6 Å². The maximum atomic E-state index is 11.1. The molecule has 1 unspecified atom stereocenters. The van der Waals surface area contributed by atoms with Gasteiger partial charge in [0.1, 0.15) is 0 Å². The minimum atomic E-state index is -0.403. The number of amides is 1. The van der Waals surface area contributed by atoms with Crippen molar-refractivity contribution in [2.45, 2.75) is 19.9 Å². The topological polar surface area (TPSA) is 38.3 Å². The molecule has 1 rings (SSSR count). The van der Waals surface area contributed by atoms with Crippen LogP contribution in [-0.2, 0) is 4.74 Å². The van der Waals surface area contributed by atoms with Crippen LogP contribution in [0.25, 0.3) is 0 Å². The molecule has 0 spiro atoms. The van der Waals surface area contributed by atoms with E-state index in [2.05, 4.69) is 5.32 Å². The molecule has 0 aliphatic rings. The molecule has 0 aliphatic carbocycles. The molecular weight excluding hydrogens is 214 g/mol. The van der Waals surface area contributed by atoms with Crippen molar-refractivity contribution in [3.63, 3.8) is 0 Å². The number of alkyl carbamates (subject to hydrolysis) is 1. The van der Waals surface area contributed by atoms with E-state index in [1.165, 1.54) is 0 Å². The highest BCUT2D eigenvalue weighted by Gasteiger charge is 2.09. The summed E-state index contributed by atoms with van der Waals surface area (Å²) >= 11 is 5.76. The first-order chi connectivity index (χ1) is 7.13. The van der Waals surface area contributed by atoms with Gasteiger partial charge in [-0.3, -0.25) is 0 Å². The van der Waals surface area contributed by atoms with E-state index in [1.54, 1.807) is 19.1 Å². The summed E-state index contributed by atoms with van der Waals surface area (Å²) in [4.78, 5) is 11.1. The zero-order valence-corrected chi connectivity index (χ0v) is 9.54. The summed E-state index contributed by atoms with van der Waals surface area (Å²) in [6.07, 6.45) is -0.403. The van der Waals surface area contributed by atoms with Crippen molar-refractivity contribution in [2.75, 3.05) is 6.61 Å². The van der Waals surface area contributed by atoms with Crippen molar-refractivity contribution in [1.82, 2.24) is 5.32 Å². The Bertz CT molecular complexity index is 324. The number of carbonyl (C=O) groups excluding carboxylic acids is 1. The van der Waals surface area contributed by atoms with Gasteiger partial charge in [0.2, 0.25) is 0 Å². The van der Waals surface area contributed by atoms with Crippen LogP contribution in [0.1, 0.15) is 25.5 Å². The van der Waals surface area contributed by atoms with E-state index in [1.807, 2.05) is 19.1 Å². The smallest absolute Gasteiger partial charge is 0.407 e. The summed E-state index contributed by atoms with van der Waals surface area (Å²) in [5, 5.41) is 3.39. The number of carbonyl (C=O) groups is 1. The van der Waals surface area contributed by atoms with Gasteiger partial charge in [-0.05, 0) is 31.5 Å². The minimum Gasteiger partial charge on any atom is -0.450 e. The summed E-state index contributed by atoms with van der Waals surface area (Å²) in [5.41, 5.74) is 0.993. The van der Waals surface area contributed by atoms with E-state index in [-0.39, 0.29) is 6.04 Å². The predicted octanol–water partition coefficient (Wildman–Crippen LogP) is 3.15. The Balaban J connectivity index is 2.57. The van der Waals surface area contributed by atoms with Crippen molar-refractivity contribution >= 4 is 17.7 Å². The molecule has 0 heterocycles. The Labute approximate surface area is 94.4 Å². The van der Waals surface area contributed by atoms with E-state index in [0.717, 1.165) is 5.56 Å². The van der Waals surface area contributed by atoms with Gasteiger partial charge in [-0.1, -0.05) is 23.7 Å². The predicted molar refractivity (Wildman–Crippen MR) is 60.0 cm³/mol. The van der Waals surface area contributed by atoms with E-state index < -0.39 is 6.09 Å². The second-order valence-corrected chi connectivity index (χ2v) is 3.57. The van der Waals surface area contributed by atoms with Crippen LogP contribution in [0.4, 0.5) is 4.79 Å². The van der Waals surface area contributed by atoms with Gasteiger partial charge >= 0.3 is 6.09 Å². The molecule has 0 aliphatic heterocycles. The molecule has 82 valence electrons. The van der Waals surface area contributed by atoms with Crippen LogP contribution in [0, 0.1) is 0 Å². The Hall–Kier alpha value is -1.22. The molecule has 0 saturated heterocycles. The fraction of sp³-hybridized carbons (Fsp3) is 0.364. The summed E-state index contributed by atoms with van der Waals surface area (Å²) < 4.78 is 4.78. The Morgan fingerprint density at radius 3 is 2.60 bits per heavy atom. The number of ether oxygens (including phenoxy) is 1. The van der Waals surface area contributed by atoms with Crippen LogP contribution in [0.15, 0.2) is 24.3 Å². The molecule has 0 aromatic heterocycles. The largest absolute Gasteiger partial charge is 0.450 e. The van der Waals surface area contributed by atoms with Crippen LogP contribution in [0.5, 0.6) is 0 Å². The van der Waals surface area contributed by atoms with Crippen LogP contribution < -0.4 is 5.32 Å². The average Bonchev–Trinajstić information content (AvgIpc) is 2.18. The molecule has 1 N–H and O–H groups in total. The van der Waals surface area contributed by atoms with Gasteiger partial charge in [0, 0.05) is 5.02 Å². The Kier molecular flexibility index (Phi) is 4.43. The van der Waals surface area contributed by atoms with Crippen molar-refractivity contribution in [3.8, 4) is 0 Å². The zero-order valence-electron chi connectivity index (χ0n) is 8.79. The molecule has 1 aromatic rings. The molecule has 1 amide bonds. The number of hydrogen-bond donors (Lipinski definition) is 1. The molecule has 0 bridgehead atoms. The minimum absolute atomic E-state index is 0.0821. The third-order valence-electron chi connectivity index (χ3n) is 1.98. The number of hydrogen-bond acceptors (Lipinski definition) is 2. The highest BCUT2D eigenvalue weighted by molar-refractivity contribution is 6.30. The molecule has 0 fully saturated rings. The summed E-state index contributed by atoms with van der Waals surface area (Å²) in [6, 6.07) is 7.25. The normalized spacial score (nSPS) is 11.9. The quantitative estimate of drug-likeness (QED) is 0.862. The molecule has 0 radical (unpaired) electrons. The van der Waals surface area contributed by atoms with Gasteiger partial charge in [0.05, 0.1) is 12.6 Å². The third-order valence-corrected chi connectivity index (χ3v) is 2.23. The van der Waals surface area contributed by atoms with E-state index in [9.17, 15) is 4.79 Å². The number of halogens is 1. The molecule has 0 saturated carbocycles. The lowest BCUT2D eigenvalue weighted by atomic mass is 10.1. The van der Waals surface area contributed by atoms with Crippen LogP contribution in [0.2, 0.25) is 5.02 Å². The Morgan fingerprint density at radius 1 is 1.47 bits per heavy atom. The first kappa shape index (κ1) is 11.9. The molecule has 4 heteroatoms. The fourth-order valence-electron chi connectivity index (χ4n) is 1.18. The van der Waals surface area contributed by atoms with E-state index >= 15 is 0 Å². The van der Waals surface area contributed by atoms with Crippen molar-refractivity contribution in [2.24, 2.45) is 0 Å². The highest BCUT2D eigenvalue weighted by Crippen LogP contribution is 2.15. The summed E-state index contributed by atoms with van der Waals surface area (Å²) in [5.74, 6) is 0. The Morgan fingerprint density at radius 2 is 2.07 bits per heavy atom. The fourth-order valence-corrected chi connectivity index (χ4v) is 1.31. The van der Waals surface area contributed by atoms with Gasteiger partial charge < -0.3 is 10.1 Å². The first-order valence-corrected chi connectivity index (χ1v) is 5.20. The van der Waals surface area contributed by atoms with Crippen molar-refractivity contribution < 1.29 is 9.53 Å². The van der Waals surface area contributed by atoms with E-state index in [4.69, 9.17) is 16.3 Å². The van der Waals surface area contributed by atoms with Gasteiger partial charge in [0.15, 0.2) is 0 Å². The molecule has 1 aromatic carbocycles. The summed E-state index contributed by atoms with van der Waals surface area (Å²) in [6.45, 7) is 4.03. The molecule has 1 atom stereocenters. The number of rotatable bonds is 3. The second-order valence-electron chi connectivity index (χ2n) is 3.14. The van der Waals surface area contributed by atoms with Crippen LogP contribution in [0.3, 0.4) is 0 Å². The maximum Gasteiger partial charge on any atom is 0.407 e. The van der Waals surface area contributed by atoms with Gasteiger partial charge in [-0.2, -0.15) is 0 Å². The van der Waals surface area contributed by atoms with Gasteiger partial charge in [-0.25, -0.2) is 4.79 Å². The lowest BCUT2D eigenvalue weighted by Crippen LogP contribution is -2.27. The molecule has 15 heavy (non-hydrogen) atoms. The van der Waals surface area contributed by atoms with Gasteiger partial charge in [0.25, 0.3) is 0 Å². The zero-order chi connectivity index (χ0) is 11.3. The monoisotopic (exact) mass is 227 g/mol.